The molecule has 364 valence electrons. The summed E-state index contributed by atoms with van der Waals surface area (Å²) in [4.78, 5) is 24.5. The van der Waals surface area contributed by atoms with Crippen molar-refractivity contribution in [2.45, 2.75) is 328 Å². The number of aliphatic hydroxyl groups excluding tert-OH is 2. The van der Waals surface area contributed by atoms with E-state index in [2.05, 4.69) is 19.2 Å². The molecule has 2 unspecified atom stereocenters. The second kappa shape index (κ2) is 51.5. The standard InChI is InChI=1S/C55H109NO5/c1-3-5-7-9-11-13-15-17-21-25-29-33-37-41-45-49-55(60)61-50-46-42-38-34-30-26-23-20-18-19-22-24-28-32-36-40-44-48-54(59)56-52(51-57)53(58)47-43-39-35-31-27-16-14-12-10-8-6-4-2/h52-53,57-58H,3-51H2,1-2H3,(H,56,59). The second-order valence-electron chi connectivity index (χ2n) is 19.3. The quantitative estimate of drug-likeness (QED) is 0.0418. The van der Waals surface area contributed by atoms with Gasteiger partial charge >= 0.3 is 5.97 Å². The molecule has 0 aliphatic carbocycles. The van der Waals surface area contributed by atoms with Crippen LogP contribution < -0.4 is 5.32 Å². The van der Waals surface area contributed by atoms with E-state index >= 15 is 0 Å². The molecule has 0 aliphatic heterocycles. The number of carbonyl (C=O) groups is 2. The molecule has 0 saturated heterocycles. The predicted molar refractivity (Wildman–Crippen MR) is 264 cm³/mol. The summed E-state index contributed by atoms with van der Waals surface area (Å²) >= 11 is 0. The molecule has 3 N–H and O–H groups in total. The molecule has 0 rings (SSSR count). The Kier molecular flexibility index (Phi) is 50.5. The first-order chi connectivity index (χ1) is 30.0. The fourth-order valence-electron chi connectivity index (χ4n) is 8.88. The molecular formula is C55H109NO5. The minimum atomic E-state index is -0.665. The average molecular weight is 864 g/mol. The summed E-state index contributed by atoms with van der Waals surface area (Å²) in [7, 11) is 0. The Morgan fingerprint density at radius 1 is 0.393 bits per heavy atom. The van der Waals surface area contributed by atoms with Crippen molar-refractivity contribution in [1.29, 1.82) is 0 Å². The van der Waals surface area contributed by atoms with Crippen molar-refractivity contribution in [3.63, 3.8) is 0 Å². The first-order valence-electron chi connectivity index (χ1n) is 27.8. The lowest BCUT2D eigenvalue weighted by Gasteiger charge is -2.22. The van der Waals surface area contributed by atoms with Crippen LogP contribution in [0.15, 0.2) is 0 Å². The maximum absolute atomic E-state index is 12.4. The number of nitrogens with one attached hydrogen (secondary N) is 1. The SMILES string of the molecule is CCCCCCCCCCCCCCCCCC(=O)OCCCCCCCCCCCCCCCCCCCC(=O)NC(CO)C(O)CCCCCCCCCCCCCC. The maximum Gasteiger partial charge on any atom is 0.305 e. The van der Waals surface area contributed by atoms with Crippen molar-refractivity contribution in [2.75, 3.05) is 13.2 Å². The smallest absolute Gasteiger partial charge is 0.305 e. The summed E-state index contributed by atoms with van der Waals surface area (Å²) in [5, 5.41) is 23.2. The Morgan fingerprint density at radius 2 is 0.672 bits per heavy atom. The van der Waals surface area contributed by atoms with Crippen LogP contribution in [-0.2, 0) is 14.3 Å². The lowest BCUT2D eigenvalue weighted by molar-refractivity contribution is -0.143. The minimum Gasteiger partial charge on any atom is -0.466 e. The monoisotopic (exact) mass is 864 g/mol. The molecule has 0 spiro atoms. The zero-order chi connectivity index (χ0) is 44.4. The van der Waals surface area contributed by atoms with Crippen LogP contribution in [0.2, 0.25) is 0 Å². The molecule has 0 aromatic heterocycles. The van der Waals surface area contributed by atoms with Crippen molar-refractivity contribution in [1.82, 2.24) is 5.32 Å². The first-order valence-corrected chi connectivity index (χ1v) is 27.8. The summed E-state index contributed by atoms with van der Waals surface area (Å²) in [6, 6.07) is -0.543. The van der Waals surface area contributed by atoms with Crippen LogP contribution in [0.25, 0.3) is 0 Å². The Labute approximate surface area is 381 Å². The van der Waals surface area contributed by atoms with Crippen LogP contribution in [0.4, 0.5) is 0 Å². The third-order valence-corrected chi connectivity index (χ3v) is 13.2. The molecule has 1 amide bonds. The van der Waals surface area contributed by atoms with Gasteiger partial charge in [-0.1, -0.05) is 277 Å². The maximum atomic E-state index is 12.4. The molecule has 0 aliphatic rings. The molecule has 0 heterocycles. The van der Waals surface area contributed by atoms with Gasteiger partial charge in [-0.2, -0.15) is 0 Å². The Hall–Kier alpha value is -1.14. The van der Waals surface area contributed by atoms with Gasteiger partial charge in [0.05, 0.1) is 25.4 Å². The van der Waals surface area contributed by atoms with Crippen LogP contribution in [0.1, 0.15) is 316 Å². The van der Waals surface area contributed by atoms with Crippen LogP contribution in [0.5, 0.6) is 0 Å². The van der Waals surface area contributed by atoms with E-state index in [1.807, 2.05) is 0 Å². The second-order valence-corrected chi connectivity index (χ2v) is 19.3. The van der Waals surface area contributed by atoms with E-state index < -0.39 is 12.1 Å². The topological polar surface area (TPSA) is 95.9 Å². The van der Waals surface area contributed by atoms with Crippen molar-refractivity contribution in [3.05, 3.63) is 0 Å². The Morgan fingerprint density at radius 3 is 1.00 bits per heavy atom. The number of hydrogen-bond donors (Lipinski definition) is 3. The van der Waals surface area contributed by atoms with Crippen LogP contribution in [-0.4, -0.2) is 47.4 Å². The summed E-state index contributed by atoms with van der Waals surface area (Å²) in [6.07, 6.45) is 58.0. The van der Waals surface area contributed by atoms with E-state index in [0.717, 1.165) is 38.5 Å². The molecule has 0 bridgehead atoms. The van der Waals surface area contributed by atoms with Crippen LogP contribution in [0.3, 0.4) is 0 Å². The van der Waals surface area contributed by atoms with Gasteiger partial charge in [0.2, 0.25) is 5.91 Å². The van der Waals surface area contributed by atoms with E-state index in [-0.39, 0.29) is 18.5 Å². The molecular weight excluding hydrogens is 755 g/mol. The fourth-order valence-corrected chi connectivity index (χ4v) is 8.88. The van der Waals surface area contributed by atoms with Gasteiger partial charge in [-0.15, -0.1) is 0 Å². The molecule has 0 aromatic rings. The van der Waals surface area contributed by atoms with Gasteiger partial charge in [0.15, 0.2) is 0 Å². The lowest BCUT2D eigenvalue weighted by Crippen LogP contribution is -2.45. The molecule has 0 saturated carbocycles. The number of ether oxygens (including phenoxy) is 1. The molecule has 0 aromatic carbocycles. The number of aliphatic hydroxyl groups is 2. The molecule has 2 atom stereocenters. The zero-order valence-corrected chi connectivity index (χ0v) is 41.4. The van der Waals surface area contributed by atoms with E-state index in [4.69, 9.17) is 4.74 Å². The molecule has 6 nitrogen and oxygen atoms in total. The summed E-state index contributed by atoms with van der Waals surface area (Å²) < 4.78 is 5.48. The fraction of sp³-hybridized carbons (Fsp3) is 0.964. The normalized spacial score (nSPS) is 12.5. The van der Waals surface area contributed by atoms with E-state index in [1.54, 1.807) is 0 Å². The number of rotatable bonds is 52. The van der Waals surface area contributed by atoms with Gasteiger partial charge in [0.25, 0.3) is 0 Å². The van der Waals surface area contributed by atoms with Crippen LogP contribution >= 0.6 is 0 Å². The van der Waals surface area contributed by atoms with Gasteiger partial charge in [-0.05, 0) is 25.7 Å². The average Bonchev–Trinajstić information content (AvgIpc) is 3.26. The van der Waals surface area contributed by atoms with E-state index in [1.165, 1.54) is 244 Å². The molecule has 0 radical (unpaired) electrons. The third kappa shape index (κ3) is 48.2. The highest BCUT2D eigenvalue weighted by Gasteiger charge is 2.20. The van der Waals surface area contributed by atoms with Gasteiger partial charge in [-0.3, -0.25) is 9.59 Å². The number of amides is 1. The Balaban J connectivity index is 3.38. The van der Waals surface area contributed by atoms with Crippen LogP contribution in [0, 0.1) is 0 Å². The summed E-state index contributed by atoms with van der Waals surface area (Å²) in [5.74, 6) is -0.0302. The largest absolute Gasteiger partial charge is 0.466 e. The van der Waals surface area contributed by atoms with Gasteiger partial charge in [0, 0.05) is 12.8 Å². The molecule has 6 heteroatoms. The van der Waals surface area contributed by atoms with Gasteiger partial charge in [0.1, 0.15) is 0 Å². The molecule has 0 fully saturated rings. The minimum absolute atomic E-state index is 0.00890. The van der Waals surface area contributed by atoms with E-state index in [9.17, 15) is 19.8 Å². The number of esters is 1. The van der Waals surface area contributed by atoms with Crippen molar-refractivity contribution in [3.8, 4) is 0 Å². The highest BCUT2D eigenvalue weighted by molar-refractivity contribution is 5.76. The number of unbranched alkanes of at least 4 members (excludes halogenated alkanes) is 41. The first kappa shape index (κ1) is 59.9. The Bertz CT molecular complexity index is 867. The zero-order valence-electron chi connectivity index (χ0n) is 41.4. The van der Waals surface area contributed by atoms with E-state index in [0.29, 0.717) is 25.9 Å². The highest BCUT2D eigenvalue weighted by Crippen LogP contribution is 2.18. The highest BCUT2D eigenvalue weighted by atomic mass is 16.5. The summed E-state index contributed by atoms with van der Waals surface area (Å²) in [5.41, 5.74) is 0. The van der Waals surface area contributed by atoms with Crippen molar-refractivity contribution < 1.29 is 24.5 Å². The predicted octanol–water partition coefficient (Wildman–Crippen LogP) is 16.7. The lowest BCUT2D eigenvalue weighted by atomic mass is 10.0. The van der Waals surface area contributed by atoms with Gasteiger partial charge < -0.3 is 20.3 Å². The van der Waals surface area contributed by atoms with Crippen molar-refractivity contribution >= 4 is 11.9 Å². The molecule has 61 heavy (non-hydrogen) atoms. The number of hydrogen-bond acceptors (Lipinski definition) is 5. The van der Waals surface area contributed by atoms with Gasteiger partial charge in [-0.25, -0.2) is 0 Å². The van der Waals surface area contributed by atoms with Crippen molar-refractivity contribution in [2.24, 2.45) is 0 Å². The summed E-state index contributed by atoms with van der Waals surface area (Å²) in [6.45, 7) is 4.96. The third-order valence-electron chi connectivity index (χ3n) is 13.2. The number of carbonyl (C=O) groups excluding carboxylic acids is 2.